The molecule has 6 nitrogen and oxygen atoms in total. The molecule has 1 fully saturated rings. The Morgan fingerprint density at radius 2 is 2.10 bits per heavy atom. The van der Waals surface area contributed by atoms with Crippen LogP contribution >= 0.6 is 11.3 Å². The second-order valence-corrected chi connectivity index (χ2v) is 8.11. The van der Waals surface area contributed by atoms with Gasteiger partial charge in [0.15, 0.2) is 10.9 Å². The van der Waals surface area contributed by atoms with Gasteiger partial charge < -0.3 is 14.6 Å². The van der Waals surface area contributed by atoms with Crippen LogP contribution in [0.3, 0.4) is 0 Å². The summed E-state index contributed by atoms with van der Waals surface area (Å²) in [7, 11) is 0. The highest BCUT2D eigenvalue weighted by Gasteiger charge is 2.30. The molecule has 0 bridgehead atoms. The van der Waals surface area contributed by atoms with Crippen molar-refractivity contribution < 1.29 is 18.4 Å². The number of nitrogens with zero attached hydrogens (tertiary/aromatic N) is 2. The van der Waals surface area contributed by atoms with E-state index < -0.39 is 0 Å². The molecule has 4 rings (SSSR count). The maximum Gasteiger partial charge on any atom is 0.289 e. The number of nitrogens with one attached hydrogen (secondary N) is 1. The second kappa shape index (κ2) is 8.57. The molecule has 0 unspecified atom stereocenters. The molecule has 3 heterocycles. The number of likely N-dealkylation sites (tertiary alicyclic amines) is 1. The van der Waals surface area contributed by atoms with E-state index >= 15 is 0 Å². The Labute approximate surface area is 171 Å². The molecule has 1 aromatic carbocycles. The van der Waals surface area contributed by atoms with E-state index in [0.29, 0.717) is 24.6 Å². The standard InChI is InChI=1S/C21H20FN3O3S/c22-16-7-5-14(6-8-16)11-17-12-23-21(29-17)24-19(26)15-3-1-9-25(13-15)20(27)18-4-2-10-28-18/h2,4-8,10,12,15H,1,3,9,11,13H2,(H,23,24,26)/t15-/m0/s1. The molecule has 0 radical (unpaired) electrons. The van der Waals surface area contributed by atoms with Crippen molar-refractivity contribution in [3.63, 3.8) is 0 Å². The van der Waals surface area contributed by atoms with E-state index in [2.05, 4.69) is 10.3 Å². The van der Waals surface area contributed by atoms with Gasteiger partial charge in [0.1, 0.15) is 5.82 Å². The van der Waals surface area contributed by atoms with Crippen LogP contribution in [0, 0.1) is 11.7 Å². The third-order valence-corrected chi connectivity index (χ3v) is 5.80. The molecule has 1 aliphatic heterocycles. The number of thiazole rings is 1. The normalized spacial score (nSPS) is 16.6. The summed E-state index contributed by atoms with van der Waals surface area (Å²) in [6, 6.07) is 9.63. The van der Waals surface area contributed by atoms with Crippen LogP contribution in [-0.2, 0) is 11.2 Å². The number of rotatable bonds is 5. The highest BCUT2D eigenvalue weighted by Crippen LogP contribution is 2.24. The average Bonchev–Trinajstić information content (AvgIpc) is 3.42. The van der Waals surface area contributed by atoms with Crippen LogP contribution in [0.15, 0.2) is 53.3 Å². The Hall–Kier alpha value is -3.00. The van der Waals surface area contributed by atoms with Gasteiger partial charge >= 0.3 is 0 Å². The Morgan fingerprint density at radius 3 is 2.86 bits per heavy atom. The van der Waals surface area contributed by atoms with Gasteiger partial charge in [-0.2, -0.15) is 0 Å². The summed E-state index contributed by atoms with van der Waals surface area (Å²) >= 11 is 1.40. The van der Waals surface area contributed by atoms with Crippen molar-refractivity contribution in [3.05, 3.63) is 70.9 Å². The lowest BCUT2D eigenvalue weighted by molar-refractivity contribution is -0.121. The molecule has 1 aliphatic rings. The third kappa shape index (κ3) is 4.71. The number of furan rings is 1. The molecule has 1 N–H and O–H groups in total. The largest absolute Gasteiger partial charge is 0.459 e. The average molecular weight is 413 g/mol. The number of carbonyl (C=O) groups excluding carboxylic acids is 2. The van der Waals surface area contributed by atoms with Gasteiger partial charge in [0.05, 0.1) is 12.2 Å². The zero-order valence-corrected chi connectivity index (χ0v) is 16.5. The maximum atomic E-state index is 13.0. The molecule has 1 saturated heterocycles. The molecule has 1 atom stereocenters. The summed E-state index contributed by atoms with van der Waals surface area (Å²) in [6.45, 7) is 0.974. The topological polar surface area (TPSA) is 75.4 Å². The Balaban J connectivity index is 1.34. The van der Waals surface area contributed by atoms with Crippen LogP contribution in [0.25, 0.3) is 0 Å². The van der Waals surface area contributed by atoms with Crippen LogP contribution in [0.5, 0.6) is 0 Å². The highest BCUT2D eigenvalue weighted by atomic mass is 32.1. The van der Waals surface area contributed by atoms with Gasteiger partial charge in [-0.05, 0) is 42.7 Å². The molecule has 0 saturated carbocycles. The van der Waals surface area contributed by atoms with E-state index in [1.165, 1.54) is 29.7 Å². The number of benzene rings is 1. The molecule has 2 aromatic heterocycles. The van der Waals surface area contributed by atoms with Gasteiger partial charge in [-0.15, -0.1) is 11.3 Å². The zero-order valence-electron chi connectivity index (χ0n) is 15.6. The second-order valence-electron chi connectivity index (χ2n) is 6.99. The summed E-state index contributed by atoms with van der Waals surface area (Å²) in [4.78, 5) is 32.0. The molecular formula is C21H20FN3O3S. The Bertz CT molecular complexity index is 985. The summed E-state index contributed by atoms with van der Waals surface area (Å²) in [5.41, 5.74) is 0.979. The molecule has 150 valence electrons. The van der Waals surface area contributed by atoms with Crippen molar-refractivity contribution in [1.29, 1.82) is 0 Å². The fourth-order valence-electron chi connectivity index (χ4n) is 3.39. The van der Waals surface area contributed by atoms with Gasteiger partial charge in [0, 0.05) is 30.6 Å². The molecule has 29 heavy (non-hydrogen) atoms. The van der Waals surface area contributed by atoms with Crippen molar-refractivity contribution in [1.82, 2.24) is 9.88 Å². The van der Waals surface area contributed by atoms with E-state index in [9.17, 15) is 14.0 Å². The first-order valence-electron chi connectivity index (χ1n) is 9.41. The number of halogens is 1. The minimum absolute atomic E-state index is 0.135. The number of carbonyl (C=O) groups is 2. The number of hydrogen-bond donors (Lipinski definition) is 1. The lowest BCUT2D eigenvalue weighted by Gasteiger charge is -2.31. The fraction of sp³-hybridized carbons (Fsp3) is 0.286. The van der Waals surface area contributed by atoms with Crippen LogP contribution in [0.1, 0.15) is 33.8 Å². The van der Waals surface area contributed by atoms with Gasteiger partial charge in [0.25, 0.3) is 5.91 Å². The van der Waals surface area contributed by atoms with Crippen LogP contribution in [0.2, 0.25) is 0 Å². The molecule has 3 aromatic rings. The predicted molar refractivity (Wildman–Crippen MR) is 107 cm³/mol. The first-order valence-corrected chi connectivity index (χ1v) is 10.2. The zero-order chi connectivity index (χ0) is 20.2. The molecule has 2 amide bonds. The number of hydrogen-bond acceptors (Lipinski definition) is 5. The van der Waals surface area contributed by atoms with Gasteiger partial charge in [-0.3, -0.25) is 9.59 Å². The van der Waals surface area contributed by atoms with Gasteiger partial charge in [-0.1, -0.05) is 12.1 Å². The van der Waals surface area contributed by atoms with Crippen molar-refractivity contribution in [3.8, 4) is 0 Å². The van der Waals surface area contributed by atoms with Crippen molar-refractivity contribution >= 4 is 28.3 Å². The maximum absolute atomic E-state index is 13.0. The smallest absolute Gasteiger partial charge is 0.289 e. The highest BCUT2D eigenvalue weighted by molar-refractivity contribution is 7.15. The van der Waals surface area contributed by atoms with Crippen molar-refractivity contribution in [2.24, 2.45) is 5.92 Å². The summed E-state index contributed by atoms with van der Waals surface area (Å²) < 4.78 is 18.2. The van der Waals surface area contributed by atoms with Gasteiger partial charge in [0.2, 0.25) is 5.91 Å². The van der Waals surface area contributed by atoms with Crippen LogP contribution in [0.4, 0.5) is 9.52 Å². The van der Waals surface area contributed by atoms with Gasteiger partial charge in [-0.25, -0.2) is 9.37 Å². The SMILES string of the molecule is O=C(Nc1ncc(Cc2ccc(F)cc2)s1)[C@H]1CCCN(C(=O)c2ccco2)C1. The van der Waals surface area contributed by atoms with E-state index in [-0.39, 0.29) is 29.3 Å². The third-order valence-electron chi connectivity index (χ3n) is 4.89. The number of amides is 2. The minimum atomic E-state index is -0.285. The summed E-state index contributed by atoms with van der Waals surface area (Å²) in [6.07, 6.45) is 5.30. The summed E-state index contributed by atoms with van der Waals surface area (Å²) in [5.74, 6) is -0.588. The number of anilines is 1. The molecular weight excluding hydrogens is 393 g/mol. The van der Waals surface area contributed by atoms with E-state index in [1.807, 2.05) is 0 Å². The molecule has 0 aliphatic carbocycles. The van der Waals surface area contributed by atoms with E-state index in [4.69, 9.17) is 4.42 Å². The first-order chi connectivity index (χ1) is 14.1. The predicted octanol–water partition coefficient (Wildman–Crippen LogP) is 3.96. The van der Waals surface area contributed by atoms with E-state index in [1.54, 1.807) is 35.4 Å². The van der Waals surface area contributed by atoms with Crippen molar-refractivity contribution in [2.45, 2.75) is 19.3 Å². The molecule has 8 heteroatoms. The van der Waals surface area contributed by atoms with Crippen LogP contribution < -0.4 is 5.32 Å². The Kier molecular flexibility index (Phi) is 5.71. The molecule has 0 spiro atoms. The lowest BCUT2D eigenvalue weighted by atomic mass is 9.97. The minimum Gasteiger partial charge on any atom is -0.459 e. The Morgan fingerprint density at radius 1 is 1.28 bits per heavy atom. The monoisotopic (exact) mass is 413 g/mol. The fourth-order valence-corrected chi connectivity index (χ4v) is 4.24. The van der Waals surface area contributed by atoms with Crippen molar-refractivity contribution in [2.75, 3.05) is 18.4 Å². The lowest BCUT2D eigenvalue weighted by Crippen LogP contribution is -2.43. The number of aromatic nitrogens is 1. The quantitative estimate of drug-likeness (QED) is 0.687. The first kappa shape index (κ1) is 19.3. The summed E-state index contributed by atoms with van der Waals surface area (Å²) in [5, 5.41) is 3.40. The van der Waals surface area contributed by atoms with Crippen LogP contribution in [-0.4, -0.2) is 34.8 Å². The van der Waals surface area contributed by atoms with E-state index in [0.717, 1.165) is 23.3 Å². The number of piperidine rings is 1.